The molecule has 0 atom stereocenters. The van der Waals surface area contributed by atoms with Crippen molar-refractivity contribution in [1.29, 1.82) is 0 Å². The first kappa shape index (κ1) is 22.8. The maximum absolute atomic E-state index is 12.9. The molecule has 0 saturated carbocycles. The van der Waals surface area contributed by atoms with E-state index in [1.165, 1.54) is 24.4 Å². The number of hydrogen-bond acceptors (Lipinski definition) is 9. The average molecular weight is 464 g/mol. The fourth-order valence-electron chi connectivity index (χ4n) is 3.35. The number of para-hydroxylation sites is 1. The number of nitrogens with one attached hydrogen (secondary N) is 2. The van der Waals surface area contributed by atoms with E-state index < -0.39 is 22.7 Å². The zero-order valence-electron chi connectivity index (χ0n) is 18.6. The second kappa shape index (κ2) is 9.63. The lowest BCUT2D eigenvalue weighted by molar-refractivity contribution is 0.281. The van der Waals surface area contributed by atoms with Crippen molar-refractivity contribution >= 4 is 22.7 Å². The van der Waals surface area contributed by atoms with Crippen LogP contribution in [0.25, 0.3) is 16.7 Å². The fraction of sp³-hybridized carbons (Fsp3) is 0.217. The Bertz CT molecular complexity index is 1410. The molecule has 176 valence electrons. The molecule has 11 nitrogen and oxygen atoms in total. The first-order chi connectivity index (χ1) is 16.3. The van der Waals surface area contributed by atoms with Crippen molar-refractivity contribution in [2.45, 2.75) is 6.42 Å². The van der Waals surface area contributed by atoms with Crippen molar-refractivity contribution in [3.8, 4) is 22.9 Å². The van der Waals surface area contributed by atoms with Gasteiger partial charge >= 0.3 is 5.69 Å². The van der Waals surface area contributed by atoms with E-state index in [2.05, 4.69) is 25.2 Å². The van der Waals surface area contributed by atoms with Gasteiger partial charge in [0.15, 0.2) is 5.65 Å². The molecule has 0 aliphatic rings. The van der Waals surface area contributed by atoms with Crippen LogP contribution in [0.15, 0.2) is 58.3 Å². The maximum Gasteiger partial charge on any atom is 0.334 e. The molecule has 2 heterocycles. The van der Waals surface area contributed by atoms with Crippen molar-refractivity contribution in [3.05, 3.63) is 69.5 Å². The molecule has 2 aromatic carbocycles. The first-order valence-corrected chi connectivity index (χ1v) is 10.5. The normalized spacial score (nSPS) is 11.1. The summed E-state index contributed by atoms with van der Waals surface area (Å²) in [6, 6.07) is 11.1. The minimum atomic E-state index is -0.866. The van der Waals surface area contributed by atoms with Crippen LogP contribution in [-0.2, 0) is 0 Å². The number of anilines is 2. The monoisotopic (exact) mass is 464 g/mol. The van der Waals surface area contributed by atoms with Crippen molar-refractivity contribution < 1.29 is 14.9 Å². The molecule has 0 spiro atoms. The lowest BCUT2D eigenvalue weighted by Crippen LogP contribution is -2.34. The molecule has 0 unspecified atom stereocenters. The summed E-state index contributed by atoms with van der Waals surface area (Å²) in [6.07, 6.45) is 2.18. The average Bonchev–Trinajstić information content (AvgIpc) is 2.79. The molecule has 2 aromatic heterocycles. The zero-order chi connectivity index (χ0) is 24.2. The second-order valence-corrected chi connectivity index (χ2v) is 7.83. The van der Waals surface area contributed by atoms with Gasteiger partial charge in [-0.15, -0.1) is 0 Å². The van der Waals surface area contributed by atoms with E-state index in [4.69, 9.17) is 4.74 Å². The maximum atomic E-state index is 12.9. The van der Waals surface area contributed by atoms with E-state index in [1.54, 1.807) is 12.1 Å². The first-order valence-electron chi connectivity index (χ1n) is 10.5. The molecule has 4 N–H and O–H groups in total. The third kappa shape index (κ3) is 4.84. The van der Waals surface area contributed by atoms with E-state index >= 15 is 0 Å². The second-order valence-electron chi connectivity index (χ2n) is 7.83. The van der Waals surface area contributed by atoms with Gasteiger partial charge in [-0.2, -0.15) is 4.98 Å². The van der Waals surface area contributed by atoms with E-state index in [0.717, 1.165) is 18.7 Å². The highest BCUT2D eigenvalue weighted by molar-refractivity contribution is 5.75. The molecule has 11 heteroatoms. The number of nitrogens with zero attached hydrogens (tertiary/aromatic N) is 4. The van der Waals surface area contributed by atoms with E-state index in [9.17, 15) is 19.8 Å². The van der Waals surface area contributed by atoms with E-state index in [1.807, 2.05) is 26.2 Å². The standard InChI is InChI=1S/C23H24N6O5/c1-28(2)11-4-12-34-15-9-7-14(8-10-15)25-22-24-13-16-20(26-22)27-23(33)29(21(16)32)19-17(30)5-3-6-18(19)31/h3,5-10,13,30-31H,4,11-12H2,1-2H3,(H2,24,25,26,27,33). The predicted octanol–water partition coefficient (Wildman–Crippen LogP) is 1.95. The Labute approximate surface area is 193 Å². The summed E-state index contributed by atoms with van der Waals surface area (Å²) < 4.78 is 6.35. The van der Waals surface area contributed by atoms with Crippen LogP contribution in [-0.4, -0.2) is 61.9 Å². The van der Waals surface area contributed by atoms with Crippen LogP contribution in [0.5, 0.6) is 17.2 Å². The van der Waals surface area contributed by atoms with E-state index in [0.29, 0.717) is 16.9 Å². The third-order valence-electron chi connectivity index (χ3n) is 5.00. The van der Waals surface area contributed by atoms with Crippen LogP contribution >= 0.6 is 0 Å². The number of H-pyrrole nitrogens is 1. The summed E-state index contributed by atoms with van der Waals surface area (Å²) >= 11 is 0. The van der Waals surface area contributed by atoms with Crippen LogP contribution < -0.4 is 21.3 Å². The number of hydrogen-bond donors (Lipinski definition) is 4. The van der Waals surface area contributed by atoms with Crippen LogP contribution in [0.3, 0.4) is 0 Å². The minimum absolute atomic E-state index is 0.00859. The summed E-state index contributed by atoms with van der Waals surface area (Å²) in [4.78, 5) is 38.5. The Morgan fingerprint density at radius 3 is 2.47 bits per heavy atom. The largest absolute Gasteiger partial charge is 0.506 e. The number of phenols is 2. The van der Waals surface area contributed by atoms with Crippen LogP contribution in [0.1, 0.15) is 6.42 Å². The smallest absolute Gasteiger partial charge is 0.334 e. The highest BCUT2D eigenvalue weighted by atomic mass is 16.5. The Hall–Kier alpha value is -4.38. The summed E-state index contributed by atoms with van der Waals surface area (Å²) in [5, 5.41) is 23.1. The number of benzene rings is 2. The van der Waals surface area contributed by atoms with Crippen LogP contribution in [0.2, 0.25) is 0 Å². The highest BCUT2D eigenvalue weighted by Crippen LogP contribution is 2.28. The van der Waals surface area contributed by atoms with Gasteiger partial charge in [-0.3, -0.25) is 9.78 Å². The molecule has 0 saturated heterocycles. The zero-order valence-corrected chi connectivity index (χ0v) is 18.6. The minimum Gasteiger partial charge on any atom is -0.506 e. The molecule has 4 rings (SSSR count). The molecule has 0 radical (unpaired) electrons. The molecule has 4 aromatic rings. The molecular weight excluding hydrogens is 440 g/mol. The van der Waals surface area contributed by atoms with Gasteiger partial charge in [0.1, 0.15) is 28.3 Å². The Kier molecular flexibility index (Phi) is 6.46. The van der Waals surface area contributed by atoms with Gasteiger partial charge in [0.2, 0.25) is 5.95 Å². The quantitative estimate of drug-likeness (QED) is 0.287. The van der Waals surface area contributed by atoms with Crippen molar-refractivity contribution in [1.82, 2.24) is 24.4 Å². The predicted molar refractivity (Wildman–Crippen MR) is 127 cm³/mol. The lowest BCUT2D eigenvalue weighted by atomic mass is 10.2. The summed E-state index contributed by atoms with van der Waals surface area (Å²) in [7, 11) is 4.03. The molecule has 0 aliphatic carbocycles. The lowest BCUT2D eigenvalue weighted by Gasteiger charge is -2.11. The molecule has 0 bridgehead atoms. The number of fused-ring (bicyclic) bond motifs is 1. The van der Waals surface area contributed by atoms with E-state index in [-0.39, 0.29) is 22.7 Å². The summed E-state index contributed by atoms with van der Waals surface area (Å²) in [5.41, 5.74) is -1.26. The van der Waals surface area contributed by atoms with Gasteiger partial charge in [-0.25, -0.2) is 14.3 Å². The SMILES string of the molecule is CN(C)CCCOc1ccc(Nc2ncc3c(=O)n(-c4c(O)cccc4O)c(=O)[nH]c3n2)cc1. The number of aromatic nitrogens is 4. The Morgan fingerprint density at radius 2 is 1.79 bits per heavy atom. The highest BCUT2D eigenvalue weighted by Gasteiger charge is 2.17. The van der Waals surface area contributed by atoms with Crippen LogP contribution in [0, 0.1) is 0 Å². The number of ether oxygens (including phenoxy) is 1. The van der Waals surface area contributed by atoms with Crippen molar-refractivity contribution in [2.75, 3.05) is 32.6 Å². The van der Waals surface area contributed by atoms with Gasteiger partial charge in [-0.05, 0) is 56.9 Å². The topological polar surface area (TPSA) is 146 Å². The van der Waals surface area contributed by atoms with Crippen molar-refractivity contribution in [2.24, 2.45) is 0 Å². The molecule has 0 aliphatic heterocycles. The molecular formula is C23H24N6O5. The van der Waals surface area contributed by atoms with Crippen LogP contribution in [0.4, 0.5) is 11.6 Å². The molecule has 0 amide bonds. The van der Waals surface area contributed by atoms with Crippen molar-refractivity contribution in [3.63, 3.8) is 0 Å². The van der Waals surface area contributed by atoms with Gasteiger partial charge in [-0.1, -0.05) is 6.07 Å². The Balaban J connectivity index is 1.56. The fourth-order valence-corrected chi connectivity index (χ4v) is 3.35. The molecule has 34 heavy (non-hydrogen) atoms. The Morgan fingerprint density at radius 1 is 1.09 bits per heavy atom. The number of aromatic amines is 1. The summed E-state index contributed by atoms with van der Waals surface area (Å²) in [6.45, 7) is 1.56. The number of phenolic OH excluding ortho intramolecular Hbond substituents is 2. The third-order valence-corrected chi connectivity index (χ3v) is 5.00. The van der Waals surface area contributed by atoms with Gasteiger partial charge < -0.3 is 25.2 Å². The van der Waals surface area contributed by atoms with Gasteiger partial charge in [0, 0.05) is 18.4 Å². The number of rotatable bonds is 8. The number of aromatic hydroxyl groups is 2. The molecule has 0 fully saturated rings. The summed E-state index contributed by atoms with van der Waals surface area (Å²) in [5.74, 6) is 0.0685. The van der Waals surface area contributed by atoms with Gasteiger partial charge in [0.25, 0.3) is 5.56 Å². The van der Waals surface area contributed by atoms with Gasteiger partial charge in [0.05, 0.1) is 6.61 Å².